The van der Waals surface area contributed by atoms with Crippen LogP contribution in [-0.4, -0.2) is 36.9 Å². The van der Waals surface area contributed by atoms with Crippen LogP contribution in [0.3, 0.4) is 0 Å². The number of anilines is 1. The summed E-state index contributed by atoms with van der Waals surface area (Å²) in [6.07, 6.45) is 1.75. The molecule has 4 rings (SSSR count). The van der Waals surface area contributed by atoms with E-state index in [1.165, 1.54) is 9.58 Å². The van der Waals surface area contributed by atoms with Crippen molar-refractivity contribution in [2.45, 2.75) is 6.92 Å². The summed E-state index contributed by atoms with van der Waals surface area (Å²) >= 11 is 6.47. The van der Waals surface area contributed by atoms with Gasteiger partial charge < -0.3 is 5.32 Å². The third-order valence-electron chi connectivity index (χ3n) is 5.09. The Hall–Kier alpha value is -3.43. The Bertz CT molecular complexity index is 1290. The summed E-state index contributed by atoms with van der Waals surface area (Å²) in [6, 6.07) is 18.6. The van der Waals surface area contributed by atoms with Crippen LogP contribution in [-0.2, 0) is 16.6 Å². The quantitative estimate of drug-likeness (QED) is 0.463. The first-order valence-electron chi connectivity index (χ1n) is 9.81. The molecule has 0 bridgehead atoms. The van der Waals surface area contributed by atoms with Crippen LogP contribution >= 0.6 is 24.0 Å². The lowest BCUT2D eigenvalue weighted by Gasteiger charge is -2.13. The van der Waals surface area contributed by atoms with E-state index in [0.29, 0.717) is 20.6 Å². The van der Waals surface area contributed by atoms with E-state index in [1.54, 1.807) is 24.7 Å². The van der Waals surface area contributed by atoms with Crippen molar-refractivity contribution in [3.63, 3.8) is 0 Å². The van der Waals surface area contributed by atoms with Gasteiger partial charge in [-0.25, -0.2) is 4.68 Å². The first-order chi connectivity index (χ1) is 15.4. The molecule has 2 heterocycles. The second-order valence-corrected chi connectivity index (χ2v) is 8.84. The minimum atomic E-state index is -0.492. The first-order valence-corrected chi connectivity index (χ1v) is 11.0. The second-order valence-electron chi connectivity index (χ2n) is 7.16. The lowest BCUT2D eigenvalue weighted by atomic mass is 10.2. The molecule has 0 unspecified atom stereocenters. The average Bonchev–Trinajstić information content (AvgIpc) is 3.16. The zero-order chi connectivity index (χ0) is 22.8. The highest BCUT2D eigenvalue weighted by Gasteiger charge is 2.33. The van der Waals surface area contributed by atoms with Gasteiger partial charge >= 0.3 is 0 Å². The zero-order valence-electron chi connectivity index (χ0n) is 17.4. The van der Waals surface area contributed by atoms with E-state index >= 15 is 0 Å². The van der Waals surface area contributed by atoms with Gasteiger partial charge in [-0.15, -0.1) is 0 Å². The van der Waals surface area contributed by atoms with Crippen molar-refractivity contribution in [3.8, 4) is 5.69 Å². The number of thiocarbonyl (C=S) groups is 1. The summed E-state index contributed by atoms with van der Waals surface area (Å²) in [5.74, 6) is -0.821. The van der Waals surface area contributed by atoms with Gasteiger partial charge in [0.15, 0.2) is 0 Å². The first kappa shape index (κ1) is 21.8. The highest BCUT2D eigenvalue weighted by Crippen LogP contribution is 2.32. The minimum Gasteiger partial charge on any atom is -0.318 e. The fraction of sp³-hybridized carbons (Fsp3) is 0.130. The largest absolute Gasteiger partial charge is 0.318 e. The Kier molecular flexibility index (Phi) is 6.11. The number of nitrogens with one attached hydrogen (secondary N) is 1. The number of hydrogen-bond acceptors (Lipinski definition) is 5. The van der Waals surface area contributed by atoms with Crippen LogP contribution in [0.15, 0.2) is 70.4 Å². The molecule has 0 aliphatic carbocycles. The predicted molar refractivity (Wildman–Crippen MR) is 131 cm³/mol. The fourth-order valence-electron chi connectivity index (χ4n) is 3.37. The van der Waals surface area contributed by atoms with E-state index in [-0.39, 0.29) is 23.7 Å². The summed E-state index contributed by atoms with van der Waals surface area (Å²) in [5, 5.41) is 2.67. The maximum atomic E-state index is 13.0. The molecular weight excluding hydrogens is 444 g/mol. The molecule has 1 aromatic heterocycles. The number of para-hydroxylation sites is 1. The monoisotopic (exact) mass is 464 g/mol. The highest BCUT2D eigenvalue weighted by molar-refractivity contribution is 8.26. The van der Waals surface area contributed by atoms with Crippen LogP contribution in [0.5, 0.6) is 0 Å². The highest BCUT2D eigenvalue weighted by atomic mass is 32.2. The summed E-state index contributed by atoms with van der Waals surface area (Å²) < 4.78 is 3.46. The Morgan fingerprint density at radius 2 is 1.69 bits per heavy atom. The van der Waals surface area contributed by atoms with Crippen molar-refractivity contribution in [2.24, 2.45) is 7.05 Å². The van der Waals surface area contributed by atoms with Gasteiger partial charge in [0.05, 0.1) is 16.3 Å². The molecule has 1 aliphatic heterocycles. The van der Waals surface area contributed by atoms with Crippen LogP contribution < -0.4 is 10.9 Å². The van der Waals surface area contributed by atoms with E-state index in [4.69, 9.17) is 12.2 Å². The molecule has 0 radical (unpaired) electrons. The van der Waals surface area contributed by atoms with Gasteiger partial charge in [-0.1, -0.05) is 72.5 Å². The van der Waals surface area contributed by atoms with Crippen LogP contribution in [0, 0.1) is 6.92 Å². The van der Waals surface area contributed by atoms with E-state index in [1.807, 2.05) is 60.7 Å². The lowest BCUT2D eigenvalue weighted by molar-refractivity contribution is -0.126. The van der Waals surface area contributed by atoms with Crippen LogP contribution in [0.25, 0.3) is 11.8 Å². The van der Waals surface area contributed by atoms with Crippen molar-refractivity contribution in [1.29, 1.82) is 0 Å². The number of aromatic nitrogens is 2. The SMILES string of the molecule is Cc1c(NC(=O)CN2C(=O)/C(=C\c3ccccc3)SC2=S)c(=O)n(-c2ccccc2)n1C. The molecule has 1 saturated heterocycles. The van der Waals surface area contributed by atoms with Crippen molar-refractivity contribution in [2.75, 3.05) is 11.9 Å². The van der Waals surface area contributed by atoms with Gasteiger partial charge in [0, 0.05) is 7.05 Å². The molecule has 1 fully saturated rings. The van der Waals surface area contributed by atoms with Gasteiger partial charge in [0.25, 0.3) is 11.5 Å². The molecule has 32 heavy (non-hydrogen) atoms. The molecule has 1 N–H and O–H groups in total. The average molecular weight is 465 g/mol. The smallest absolute Gasteiger partial charge is 0.295 e. The lowest BCUT2D eigenvalue weighted by Crippen LogP contribution is -2.37. The topological polar surface area (TPSA) is 76.3 Å². The van der Waals surface area contributed by atoms with E-state index in [9.17, 15) is 14.4 Å². The van der Waals surface area contributed by atoms with E-state index in [0.717, 1.165) is 17.3 Å². The third kappa shape index (κ3) is 4.17. The number of benzene rings is 2. The Labute approximate surface area is 194 Å². The molecule has 2 aromatic carbocycles. The standard InChI is InChI=1S/C23H20N4O3S2/c1-15-20(22(30)27(25(15)2)17-11-7-4-8-12-17)24-19(28)14-26-21(29)18(32-23(26)31)13-16-9-5-3-6-10-16/h3-13H,14H2,1-2H3,(H,24,28)/b18-13+. The van der Waals surface area contributed by atoms with Crippen molar-refractivity contribution >= 4 is 51.9 Å². The molecule has 1 aliphatic rings. The number of hydrogen-bond donors (Lipinski definition) is 1. The van der Waals surface area contributed by atoms with Gasteiger partial charge in [-0.3, -0.25) is 24.0 Å². The molecule has 0 saturated carbocycles. The Morgan fingerprint density at radius 1 is 1.06 bits per heavy atom. The van der Waals surface area contributed by atoms with Crippen molar-refractivity contribution in [3.05, 3.63) is 87.2 Å². The summed E-state index contributed by atoms with van der Waals surface area (Å²) in [6.45, 7) is 1.48. The molecule has 0 spiro atoms. The summed E-state index contributed by atoms with van der Waals surface area (Å²) in [4.78, 5) is 40.2. The van der Waals surface area contributed by atoms with Crippen LogP contribution in [0.4, 0.5) is 5.69 Å². The zero-order valence-corrected chi connectivity index (χ0v) is 19.1. The van der Waals surface area contributed by atoms with Gasteiger partial charge in [0.1, 0.15) is 16.6 Å². The minimum absolute atomic E-state index is 0.173. The molecule has 2 amide bonds. The normalized spacial score (nSPS) is 14.9. The molecule has 162 valence electrons. The second kappa shape index (κ2) is 8.97. The predicted octanol–water partition coefficient (Wildman–Crippen LogP) is 3.32. The number of carbonyl (C=O) groups is 2. The number of rotatable bonds is 5. The van der Waals surface area contributed by atoms with Gasteiger partial charge in [-0.2, -0.15) is 0 Å². The number of carbonyl (C=O) groups excluding carboxylic acids is 2. The van der Waals surface area contributed by atoms with Crippen LogP contribution in [0.1, 0.15) is 11.3 Å². The fourth-order valence-corrected chi connectivity index (χ4v) is 4.63. The Morgan fingerprint density at radius 3 is 2.34 bits per heavy atom. The molecular formula is C23H20N4O3S2. The maximum absolute atomic E-state index is 13.0. The number of nitrogens with zero attached hydrogens (tertiary/aromatic N) is 3. The molecule has 9 heteroatoms. The van der Waals surface area contributed by atoms with E-state index < -0.39 is 5.91 Å². The van der Waals surface area contributed by atoms with E-state index in [2.05, 4.69) is 5.32 Å². The van der Waals surface area contributed by atoms with Crippen LogP contribution in [0.2, 0.25) is 0 Å². The summed E-state index contributed by atoms with van der Waals surface area (Å²) in [7, 11) is 1.75. The van der Waals surface area contributed by atoms with Gasteiger partial charge in [0.2, 0.25) is 5.91 Å². The number of amides is 2. The summed E-state index contributed by atoms with van der Waals surface area (Å²) in [5.41, 5.74) is 1.98. The molecule has 3 aromatic rings. The molecule has 0 atom stereocenters. The molecule has 7 nitrogen and oxygen atoms in total. The number of thioether (sulfide) groups is 1. The van der Waals surface area contributed by atoms with Gasteiger partial charge in [-0.05, 0) is 30.7 Å². The van der Waals surface area contributed by atoms with Crippen molar-refractivity contribution < 1.29 is 9.59 Å². The Balaban J connectivity index is 1.52. The third-order valence-corrected chi connectivity index (χ3v) is 6.47. The maximum Gasteiger partial charge on any atom is 0.295 e. The van der Waals surface area contributed by atoms with Crippen molar-refractivity contribution in [1.82, 2.24) is 14.3 Å².